The summed E-state index contributed by atoms with van der Waals surface area (Å²) < 4.78 is 4.90. The molecule has 0 aromatic carbocycles. The van der Waals surface area contributed by atoms with Crippen LogP contribution in [-0.4, -0.2) is 18.0 Å². The summed E-state index contributed by atoms with van der Waals surface area (Å²) in [6.45, 7) is 3.46. The van der Waals surface area contributed by atoms with E-state index in [4.69, 9.17) is 4.42 Å². The Bertz CT molecular complexity index is 317. The Kier molecular flexibility index (Phi) is 3.01. The smallest absolute Gasteiger partial charge is 0.287 e. The van der Waals surface area contributed by atoms with E-state index in [1.807, 2.05) is 0 Å². The normalized spacial score (nSPS) is 11.0. The summed E-state index contributed by atoms with van der Waals surface area (Å²) in [6.07, 6.45) is 1.42. The summed E-state index contributed by atoms with van der Waals surface area (Å²) in [5.41, 5.74) is -0.647. The van der Waals surface area contributed by atoms with E-state index in [-0.39, 0.29) is 18.2 Å². The second kappa shape index (κ2) is 4.04. The van der Waals surface area contributed by atoms with Crippen LogP contribution in [0.5, 0.6) is 0 Å². The van der Waals surface area contributed by atoms with E-state index < -0.39 is 5.54 Å². The maximum absolute atomic E-state index is 11.4. The molecule has 1 rings (SSSR count). The zero-order chi connectivity index (χ0) is 10.6. The predicted octanol–water partition coefficient (Wildman–Crippen LogP) is 1.55. The van der Waals surface area contributed by atoms with Gasteiger partial charge >= 0.3 is 0 Å². The van der Waals surface area contributed by atoms with E-state index in [0.717, 1.165) is 0 Å². The van der Waals surface area contributed by atoms with Crippen LogP contribution in [0.3, 0.4) is 0 Å². The Morgan fingerprint density at radius 2 is 2.36 bits per heavy atom. The zero-order valence-electron chi connectivity index (χ0n) is 8.11. The molecule has 5 heteroatoms. The summed E-state index contributed by atoms with van der Waals surface area (Å²) in [4.78, 5) is 21.5. The second-order valence-corrected chi connectivity index (χ2v) is 3.60. The number of furan rings is 1. The molecule has 5 nitrogen and oxygen atoms in total. The third-order valence-corrected chi connectivity index (χ3v) is 1.66. The lowest BCUT2D eigenvalue weighted by Crippen LogP contribution is -2.45. The molecule has 0 unspecified atom stereocenters. The minimum Gasteiger partial charge on any atom is -0.459 e. The molecule has 1 aromatic rings. The van der Waals surface area contributed by atoms with E-state index >= 15 is 0 Å². The van der Waals surface area contributed by atoms with Crippen molar-refractivity contribution in [3.05, 3.63) is 29.1 Å². The minimum absolute atomic E-state index is 0.0272. The van der Waals surface area contributed by atoms with E-state index in [0.29, 0.717) is 0 Å². The van der Waals surface area contributed by atoms with Crippen LogP contribution in [0.4, 0.5) is 0 Å². The van der Waals surface area contributed by atoms with Crippen LogP contribution in [0.15, 0.2) is 28.0 Å². The molecule has 1 aromatic heterocycles. The molecular weight excluding hydrogens is 184 g/mol. The first-order valence-electron chi connectivity index (χ1n) is 4.20. The van der Waals surface area contributed by atoms with Crippen LogP contribution in [0.1, 0.15) is 24.4 Å². The van der Waals surface area contributed by atoms with E-state index in [1.165, 1.54) is 6.26 Å². The number of rotatable bonds is 4. The minimum atomic E-state index is -0.647. The van der Waals surface area contributed by atoms with Gasteiger partial charge in [0.25, 0.3) is 5.91 Å². The maximum Gasteiger partial charge on any atom is 0.287 e. The molecular formula is C9H12N2O3. The Morgan fingerprint density at radius 3 is 2.86 bits per heavy atom. The van der Waals surface area contributed by atoms with Crippen molar-refractivity contribution >= 4 is 5.91 Å². The number of nitrogens with zero attached hydrogens (tertiary/aromatic N) is 1. The Hall–Kier alpha value is -1.65. The van der Waals surface area contributed by atoms with Crippen molar-refractivity contribution in [2.24, 2.45) is 5.18 Å². The second-order valence-electron chi connectivity index (χ2n) is 3.60. The molecule has 1 amide bonds. The number of nitrogens with one attached hydrogen (secondary N) is 1. The highest BCUT2D eigenvalue weighted by Gasteiger charge is 2.22. The molecule has 0 saturated heterocycles. The molecule has 0 aliphatic heterocycles. The Balaban J connectivity index is 2.61. The van der Waals surface area contributed by atoms with Gasteiger partial charge in [0.1, 0.15) is 6.54 Å². The van der Waals surface area contributed by atoms with Crippen LogP contribution in [0.25, 0.3) is 0 Å². The van der Waals surface area contributed by atoms with E-state index in [9.17, 15) is 9.70 Å². The van der Waals surface area contributed by atoms with Gasteiger partial charge in [0.05, 0.1) is 11.8 Å². The van der Waals surface area contributed by atoms with Gasteiger partial charge in [-0.25, -0.2) is 0 Å². The highest BCUT2D eigenvalue weighted by molar-refractivity contribution is 5.91. The third-order valence-electron chi connectivity index (χ3n) is 1.66. The van der Waals surface area contributed by atoms with Crippen molar-refractivity contribution in [1.29, 1.82) is 0 Å². The number of nitroso groups, excluding NO2 is 1. The summed E-state index contributed by atoms with van der Waals surface area (Å²) in [7, 11) is 0. The highest BCUT2D eigenvalue weighted by atomic mass is 16.3. The van der Waals surface area contributed by atoms with E-state index in [1.54, 1.807) is 26.0 Å². The van der Waals surface area contributed by atoms with Gasteiger partial charge in [-0.15, -0.1) is 0 Å². The number of hydrogen-bond donors (Lipinski definition) is 1. The molecule has 0 aliphatic rings. The first-order chi connectivity index (χ1) is 6.55. The van der Waals surface area contributed by atoms with Crippen molar-refractivity contribution in [3.8, 4) is 0 Å². The molecule has 0 fully saturated rings. The van der Waals surface area contributed by atoms with Crippen LogP contribution >= 0.6 is 0 Å². The predicted molar refractivity (Wildman–Crippen MR) is 50.9 cm³/mol. The van der Waals surface area contributed by atoms with Crippen molar-refractivity contribution in [2.75, 3.05) is 6.54 Å². The van der Waals surface area contributed by atoms with Crippen LogP contribution < -0.4 is 5.32 Å². The first kappa shape index (κ1) is 10.4. The SMILES string of the molecule is CC(C)(CN=O)NC(=O)c1ccco1. The van der Waals surface area contributed by atoms with Gasteiger partial charge in [-0.1, -0.05) is 5.18 Å². The van der Waals surface area contributed by atoms with Gasteiger partial charge in [0.2, 0.25) is 0 Å². The summed E-state index contributed by atoms with van der Waals surface area (Å²) in [6, 6.07) is 3.18. The van der Waals surface area contributed by atoms with Crippen molar-refractivity contribution in [1.82, 2.24) is 5.32 Å². The largest absolute Gasteiger partial charge is 0.459 e. The molecule has 0 spiro atoms. The van der Waals surface area contributed by atoms with Crippen LogP contribution in [-0.2, 0) is 0 Å². The lowest BCUT2D eigenvalue weighted by molar-refractivity contribution is 0.0887. The van der Waals surface area contributed by atoms with Gasteiger partial charge in [0.15, 0.2) is 5.76 Å². The van der Waals surface area contributed by atoms with Gasteiger partial charge < -0.3 is 9.73 Å². The Morgan fingerprint density at radius 1 is 1.64 bits per heavy atom. The molecule has 0 radical (unpaired) electrons. The number of amides is 1. The fourth-order valence-corrected chi connectivity index (χ4v) is 0.978. The highest BCUT2D eigenvalue weighted by Crippen LogP contribution is 2.06. The monoisotopic (exact) mass is 196 g/mol. The van der Waals surface area contributed by atoms with Gasteiger partial charge in [-0.2, -0.15) is 4.91 Å². The molecule has 1 N–H and O–H groups in total. The van der Waals surface area contributed by atoms with Crippen LogP contribution in [0.2, 0.25) is 0 Å². The van der Waals surface area contributed by atoms with Crippen molar-refractivity contribution in [2.45, 2.75) is 19.4 Å². The average molecular weight is 196 g/mol. The molecule has 0 bridgehead atoms. The quantitative estimate of drug-likeness (QED) is 0.742. The van der Waals surface area contributed by atoms with Crippen molar-refractivity contribution in [3.63, 3.8) is 0 Å². The molecule has 14 heavy (non-hydrogen) atoms. The summed E-state index contributed by atoms with van der Waals surface area (Å²) in [5.74, 6) is -0.118. The molecule has 76 valence electrons. The molecule has 0 saturated carbocycles. The topological polar surface area (TPSA) is 71.7 Å². The summed E-state index contributed by atoms with van der Waals surface area (Å²) in [5, 5.41) is 5.38. The standard InChI is InChI=1S/C9H12N2O3/c1-9(2,6-10-13)11-8(12)7-4-3-5-14-7/h3-5H,6H2,1-2H3,(H,11,12). The molecule has 1 heterocycles. The Labute approximate surface area is 81.5 Å². The van der Waals surface area contributed by atoms with Crippen molar-refractivity contribution < 1.29 is 9.21 Å². The first-order valence-corrected chi connectivity index (χ1v) is 4.20. The third kappa shape index (κ3) is 2.69. The lowest BCUT2D eigenvalue weighted by atomic mass is 10.1. The average Bonchev–Trinajstić information content (AvgIpc) is 2.53. The zero-order valence-corrected chi connectivity index (χ0v) is 8.11. The molecule has 0 aliphatic carbocycles. The molecule has 0 atom stereocenters. The van der Waals surface area contributed by atoms with E-state index in [2.05, 4.69) is 10.5 Å². The lowest BCUT2D eigenvalue weighted by Gasteiger charge is -2.21. The fraction of sp³-hybridized carbons (Fsp3) is 0.444. The number of carbonyl (C=O) groups excluding carboxylic acids is 1. The van der Waals surface area contributed by atoms with Gasteiger partial charge in [-0.3, -0.25) is 4.79 Å². The fourth-order valence-electron chi connectivity index (χ4n) is 0.978. The maximum atomic E-state index is 11.4. The van der Waals surface area contributed by atoms with Gasteiger partial charge in [0, 0.05) is 0 Å². The number of carbonyl (C=O) groups is 1. The summed E-state index contributed by atoms with van der Waals surface area (Å²) >= 11 is 0. The van der Waals surface area contributed by atoms with Gasteiger partial charge in [-0.05, 0) is 26.0 Å². The number of hydrogen-bond acceptors (Lipinski definition) is 4. The van der Waals surface area contributed by atoms with Crippen LogP contribution in [0, 0.1) is 4.91 Å².